The summed E-state index contributed by atoms with van der Waals surface area (Å²) in [6, 6.07) is 3.28. The van der Waals surface area contributed by atoms with Gasteiger partial charge in [-0.1, -0.05) is 0 Å². The summed E-state index contributed by atoms with van der Waals surface area (Å²) in [7, 11) is -9.51. The zero-order chi connectivity index (χ0) is 20.9. The first-order valence-electron chi connectivity index (χ1n) is 7.04. The molecule has 1 heterocycles. The van der Waals surface area contributed by atoms with E-state index in [9.17, 15) is 30.9 Å². The van der Waals surface area contributed by atoms with Crippen LogP contribution < -0.4 is 11.1 Å². The second-order valence-electron chi connectivity index (χ2n) is 5.37. The van der Waals surface area contributed by atoms with Crippen LogP contribution in [0.15, 0.2) is 34.1 Å². The topological polar surface area (TPSA) is 206 Å². The van der Waals surface area contributed by atoms with Gasteiger partial charge in [0.15, 0.2) is 0 Å². The van der Waals surface area contributed by atoms with Crippen molar-refractivity contribution in [3.63, 3.8) is 0 Å². The number of aromatic nitrogens is 3. The summed E-state index contributed by atoms with van der Waals surface area (Å²) in [6.07, 6.45) is -1.25. The maximum atomic E-state index is 13.3. The Hall–Kier alpha value is -3.14. The van der Waals surface area contributed by atoms with Crippen LogP contribution in [0.5, 0.6) is 5.75 Å². The van der Waals surface area contributed by atoms with E-state index in [0.29, 0.717) is 6.07 Å². The Kier molecular flexibility index (Phi) is 4.54. The van der Waals surface area contributed by atoms with E-state index in [2.05, 4.69) is 20.3 Å². The fraction of sp³-hybridized carbons (Fsp3) is 0. The van der Waals surface area contributed by atoms with Gasteiger partial charge in [0, 0.05) is 11.5 Å². The van der Waals surface area contributed by atoms with Gasteiger partial charge in [0.1, 0.15) is 5.75 Å². The molecule has 0 spiro atoms. The van der Waals surface area contributed by atoms with E-state index in [0.717, 1.165) is 18.2 Å². The number of anilines is 3. The molecule has 0 unspecified atom stereocenters. The van der Waals surface area contributed by atoms with Crippen LogP contribution in [0.2, 0.25) is 0 Å². The Labute approximate surface area is 156 Å². The van der Waals surface area contributed by atoms with Crippen molar-refractivity contribution in [3.05, 3.63) is 30.3 Å². The molecule has 0 amide bonds. The van der Waals surface area contributed by atoms with Gasteiger partial charge in [-0.3, -0.25) is 9.11 Å². The number of aromatic hydroxyl groups is 1. The number of nitrogens with two attached hydrogens (primary N) is 1. The summed E-state index contributed by atoms with van der Waals surface area (Å²) >= 11 is 0. The lowest BCUT2D eigenvalue weighted by Crippen LogP contribution is -2.07. The van der Waals surface area contributed by atoms with Gasteiger partial charge < -0.3 is 16.2 Å². The Morgan fingerprint density at radius 1 is 0.929 bits per heavy atom. The highest BCUT2D eigenvalue weighted by atomic mass is 32.2. The van der Waals surface area contributed by atoms with E-state index in [4.69, 9.17) is 10.3 Å². The molecule has 148 valence electrons. The van der Waals surface area contributed by atoms with Crippen LogP contribution in [-0.2, 0) is 20.2 Å². The van der Waals surface area contributed by atoms with Crippen LogP contribution in [0, 0.1) is 6.08 Å². The molecule has 0 saturated heterocycles. The van der Waals surface area contributed by atoms with Crippen molar-refractivity contribution >= 4 is 48.6 Å². The molecular weight excluding hydrogens is 421 g/mol. The number of hydrogen-bond acceptors (Lipinski definition) is 10. The summed E-state index contributed by atoms with van der Waals surface area (Å²) in [5.41, 5.74) is 5.06. The Morgan fingerprint density at radius 3 is 2.04 bits per heavy atom. The number of nitrogens with one attached hydrogen (secondary N) is 1. The molecule has 15 heteroatoms. The van der Waals surface area contributed by atoms with E-state index in [1.807, 2.05) is 0 Å². The minimum Gasteiger partial charge on any atom is -0.507 e. The van der Waals surface area contributed by atoms with Gasteiger partial charge in [0.05, 0.1) is 15.5 Å². The van der Waals surface area contributed by atoms with E-state index in [-0.39, 0.29) is 16.5 Å². The average molecular weight is 431 g/mol. The third-order valence-corrected chi connectivity index (χ3v) is 5.11. The van der Waals surface area contributed by atoms with Gasteiger partial charge in [-0.25, -0.2) is 0 Å². The van der Waals surface area contributed by atoms with Crippen molar-refractivity contribution < 1.29 is 35.4 Å². The SMILES string of the molecule is Nc1nc(F)nc(Nc2cc(S(=O)(=O)O)cc3cc(S(=O)(=O)O)cc(O)c23)n1. The molecule has 0 atom stereocenters. The first kappa shape index (κ1) is 19.6. The van der Waals surface area contributed by atoms with Gasteiger partial charge in [0.25, 0.3) is 20.2 Å². The number of phenolic OH excluding ortho intramolecular Hbond substituents is 1. The largest absolute Gasteiger partial charge is 0.507 e. The highest BCUT2D eigenvalue weighted by molar-refractivity contribution is 7.86. The predicted octanol–water partition coefficient (Wildman–Crippen LogP) is 0.689. The average Bonchev–Trinajstić information content (AvgIpc) is 2.51. The van der Waals surface area contributed by atoms with E-state index in [1.54, 1.807) is 0 Å². The van der Waals surface area contributed by atoms with Crippen LogP contribution in [0.1, 0.15) is 0 Å². The molecule has 3 aromatic rings. The summed E-state index contributed by atoms with van der Waals surface area (Å²) < 4.78 is 77.5. The molecule has 0 saturated carbocycles. The number of nitrogen functional groups attached to an aromatic ring is 1. The standard InChI is InChI=1S/C13H10FN5O7S2/c14-11-17-12(15)19-13(18-11)16-8-3-6(27(21,22)23)1-5-2-7(28(24,25)26)4-9(20)10(5)8/h1-4,20H,(H,21,22,23)(H,24,25,26)(H3,15,16,17,18,19). The number of benzene rings is 2. The minimum atomic E-state index is -4.77. The number of nitrogens with zero attached hydrogens (tertiary/aromatic N) is 3. The molecule has 1 aromatic heterocycles. The van der Waals surface area contributed by atoms with Crippen LogP contribution >= 0.6 is 0 Å². The van der Waals surface area contributed by atoms with Crippen molar-refractivity contribution in [3.8, 4) is 5.75 Å². The van der Waals surface area contributed by atoms with E-state index >= 15 is 0 Å². The van der Waals surface area contributed by atoms with Crippen LogP contribution in [0.25, 0.3) is 10.8 Å². The fourth-order valence-electron chi connectivity index (χ4n) is 2.38. The van der Waals surface area contributed by atoms with Crippen molar-refractivity contribution in [2.45, 2.75) is 9.79 Å². The van der Waals surface area contributed by atoms with Gasteiger partial charge in [0.2, 0.25) is 11.9 Å². The van der Waals surface area contributed by atoms with Gasteiger partial charge in [-0.2, -0.15) is 36.2 Å². The maximum Gasteiger partial charge on any atom is 0.315 e. The molecule has 0 aliphatic carbocycles. The summed E-state index contributed by atoms with van der Waals surface area (Å²) in [5, 5.41) is 12.3. The van der Waals surface area contributed by atoms with Crippen LogP contribution in [0.3, 0.4) is 0 Å². The fourth-order valence-corrected chi connectivity index (χ4v) is 3.46. The maximum absolute atomic E-state index is 13.3. The van der Waals surface area contributed by atoms with Gasteiger partial charge >= 0.3 is 6.08 Å². The van der Waals surface area contributed by atoms with Crippen molar-refractivity contribution in [2.75, 3.05) is 11.1 Å². The third kappa shape index (κ3) is 3.91. The quantitative estimate of drug-likeness (QED) is 0.362. The van der Waals surface area contributed by atoms with Gasteiger partial charge in [-0.15, -0.1) is 0 Å². The second-order valence-corrected chi connectivity index (χ2v) is 8.22. The number of rotatable bonds is 4. The lowest BCUT2D eigenvalue weighted by Gasteiger charge is -2.13. The molecule has 6 N–H and O–H groups in total. The van der Waals surface area contributed by atoms with E-state index in [1.165, 1.54) is 0 Å². The molecule has 28 heavy (non-hydrogen) atoms. The number of phenols is 1. The number of fused-ring (bicyclic) bond motifs is 1. The molecule has 2 aromatic carbocycles. The number of hydrogen-bond donors (Lipinski definition) is 5. The lowest BCUT2D eigenvalue weighted by molar-refractivity contribution is 0.471. The minimum absolute atomic E-state index is 0.140. The predicted molar refractivity (Wildman–Crippen MR) is 92.7 cm³/mol. The third-order valence-electron chi connectivity index (χ3n) is 3.44. The highest BCUT2D eigenvalue weighted by Crippen LogP contribution is 2.37. The summed E-state index contributed by atoms with van der Waals surface area (Å²) in [4.78, 5) is 8.59. The first-order valence-corrected chi connectivity index (χ1v) is 9.92. The number of halogens is 1. The molecule has 0 aliphatic heterocycles. The monoisotopic (exact) mass is 431 g/mol. The second kappa shape index (κ2) is 6.48. The summed E-state index contributed by atoms with van der Waals surface area (Å²) in [5.74, 6) is -1.64. The van der Waals surface area contributed by atoms with Crippen molar-refractivity contribution in [2.24, 2.45) is 0 Å². The van der Waals surface area contributed by atoms with Crippen LogP contribution in [-0.4, -0.2) is 46.0 Å². The zero-order valence-electron chi connectivity index (χ0n) is 13.4. The molecule has 0 radical (unpaired) electrons. The van der Waals surface area contributed by atoms with E-state index < -0.39 is 53.8 Å². The molecule has 3 rings (SSSR count). The first-order chi connectivity index (χ1) is 12.8. The van der Waals surface area contributed by atoms with Gasteiger partial charge in [-0.05, 0) is 23.6 Å². The summed E-state index contributed by atoms with van der Waals surface area (Å²) in [6.45, 7) is 0. The Balaban J connectivity index is 2.33. The lowest BCUT2D eigenvalue weighted by atomic mass is 10.1. The molecule has 0 aliphatic rings. The Morgan fingerprint density at radius 2 is 1.50 bits per heavy atom. The smallest absolute Gasteiger partial charge is 0.315 e. The van der Waals surface area contributed by atoms with Crippen molar-refractivity contribution in [1.29, 1.82) is 0 Å². The molecule has 0 fully saturated rings. The zero-order valence-corrected chi connectivity index (χ0v) is 15.0. The molecular formula is C13H10FN5O7S2. The van der Waals surface area contributed by atoms with Crippen LogP contribution in [0.4, 0.5) is 22.0 Å². The Bertz CT molecular complexity index is 1300. The highest BCUT2D eigenvalue weighted by Gasteiger charge is 2.20. The normalized spacial score (nSPS) is 12.2. The molecule has 0 bridgehead atoms. The molecule has 12 nitrogen and oxygen atoms in total. The van der Waals surface area contributed by atoms with Crippen molar-refractivity contribution in [1.82, 2.24) is 15.0 Å².